The monoisotopic (exact) mass is 290 g/mol. The van der Waals surface area contributed by atoms with Crippen LogP contribution in [-0.4, -0.2) is 0 Å². The van der Waals surface area contributed by atoms with Gasteiger partial charge in [-0.1, -0.05) is 35.3 Å². The molecule has 0 fully saturated rings. The van der Waals surface area contributed by atoms with Gasteiger partial charge in [-0.2, -0.15) is 0 Å². The van der Waals surface area contributed by atoms with Gasteiger partial charge in [0.05, 0.1) is 15.4 Å². The van der Waals surface area contributed by atoms with Gasteiger partial charge in [-0.25, -0.2) is 9.82 Å². The molecule has 2 nitrogen and oxygen atoms in total. The molecule has 90 valence electrons. The Balaban J connectivity index is 2.45. The zero-order valence-corrected chi connectivity index (χ0v) is 10.9. The van der Waals surface area contributed by atoms with E-state index in [2.05, 4.69) is 5.43 Å². The minimum absolute atomic E-state index is 0.0694. The fourth-order valence-corrected chi connectivity index (χ4v) is 2.93. The first-order valence-electron chi connectivity index (χ1n) is 4.78. The molecule has 0 saturated heterocycles. The standard InChI is InChI=1S/C11H9Cl2FN2S/c12-9-5-4-8(17-9)11(16-15)6-2-1-3-7(14)10(6)13/h1-5,11,16H,15H2. The van der Waals surface area contributed by atoms with E-state index in [0.29, 0.717) is 9.90 Å². The molecule has 2 rings (SSSR count). The highest BCUT2D eigenvalue weighted by Crippen LogP contribution is 2.34. The van der Waals surface area contributed by atoms with Gasteiger partial charge in [0.15, 0.2) is 0 Å². The molecule has 0 aliphatic rings. The molecule has 0 spiro atoms. The third-order valence-corrected chi connectivity index (χ3v) is 4.03. The largest absolute Gasteiger partial charge is 0.271 e. The van der Waals surface area contributed by atoms with Gasteiger partial charge in [-0.3, -0.25) is 5.84 Å². The molecule has 0 saturated carbocycles. The normalized spacial score (nSPS) is 12.7. The number of rotatable bonds is 3. The number of hydrogen-bond acceptors (Lipinski definition) is 3. The zero-order chi connectivity index (χ0) is 12.4. The molecule has 0 aliphatic carbocycles. The lowest BCUT2D eigenvalue weighted by Crippen LogP contribution is -2.28. The van der Waals surface area contributed by atoms with Crippen LogP contribution in [0.5, 0.6) is 0 Å². The van der Waals surface area contributed by atoms with Crippen LogP contribution in [0.3, 0.4) is 0 Å². The topological polar surface area (TPSA) is 38.0 Å². The van der Waals surface area contributed by atoms with Gasteiger partial charge in [0.25, 0.3) is 0 Å². The average Bonchev–Trinajstić information content (AvgIpc) is 2.72. The Kier molecular flexibility index (Phi) is 4.01. The van der Waals surface area contributed by atoms with Gasteiger partial charge >= 0.3 is 0 Å². The number of hydrogen-bond donors (Lipinski definition) is 2. The molecule has 1 atom stereocenters. The fourth-order valence-electron chi connectivity index (χ4n) is 1.55. The molecule has 1 heterocycles. The lowest BCUT2D eigenvalue weighted by Gasteiger charge is -2.16. The molecule has 3 N–H and O–H groups in total. The summed E-state index contributed by atoms with van der Waals surface area (Å²) in [6.45, 7) is 0. The quantitative estimate of drug-likeness (QED) is 0.667. The van der Waals surface area contributed by atoms with Crippen molar-refractivity contribution in [2.75, 3.05) is 0 Å². The Bertz CT molecular complexity index is 530. The molecule has 1 aromatic carbocycles. The van der Waals surface area contributed by atoms with E-state index in [0.717, 1.165) is 4.88 Å². The van der Waals surface area contributed by atoms with Gasteiger partial charge in [-0.15, -0.1) is 11.3 Å². The Hall–Kier alpha value is -0.650. The lowest BCUT2D eigenvalue weighted by atomic mass is 10.1. The van der Waals surface area contributed by atoms with Crippen LogP contribution in [-0.2, 0) is 0 Å². The van der Waals surface area contributed by atoms with Crippen molar-refractivity contribution in [3.05, 3.63) is 55.9 Å². The van der Waals surface area contributed by atoms with E-state index in [1.54, 1.807) is 18.2 Å². The average molecular weight is 291 g/mol. The van der Waals surface area contributed by atoms with E-state index in [4.69, 9.17) is 29.0 Å². The smallest absolute Gasteiger partial charge is 0.142 e. The Labute approximate surface area is 112 Å². The number of halogens is 3. The van der Waals surface area contributed by atoms with Crippen molar-refractivity contribution in [3.8, 4) is 0 Å². The fraction of sp³-hybridized carbons (Fsp3) is 0.0909. The van der Waals surface area contributed by atoms with Gasteiger partial charge in [0.1, 0.15) is 5.82 Å². The van der Waals surface area contributed by atoms with Crippen LogP contribution in [0, 0.1) is 5.82 Å². The summed E-state index contributed by atoms with van der Waals surface area (Å²) in [5.41, 5.74) is 3.21. The zero-order valence-electron chi connectivity index (χ0n) is 8.58. The number of nitrogens with two attached hydrogens (primary N) is 1. The van der Waals surface area contributed by atoms with Crippen LogP contribution in [0.4, 0.5) is 4.39 Å². The summed E-state index contributed by atoms with van der Waals surface area (Å²) in [7, 11) is 0. The third kappa shape index (κ3) is 2.61. The van der Waals surface area contributed by atoms with Gasteiger partial charge in [0, 0.05) is 4.88 Å². The maximum absolute atomic E-state index is 13.4. The highest BCUT2D eigenvalue weighted by molar-refractivity contribution is 7.16. The third-order valence-electron chi connectivity index (χ3n) is 2.34. The summed E-state index contributed by atoms with van der Waals surface area (Å²) >= 11 is 13.2. The second-order valence-electron chi connectivity index (χ2n) is 3.38. The van der Waals surface area contributed by atoms with Crippen molar-refractivity contribution >= 4 is 34.5 Å². The Morgan fingerprint density at radius 2 is 2.00 bits per heavy atom. The van der Waals surface area contributed by atoms with Gasteiger partial charge < -0.3 is 0 Å². The first-order valence-corrected chi connectivity index (χ1v) is 6.36. The minimum atomic E-state index is -0.466. The first kappa shape index (κ1) is 12.8. The highest BCUT2D eigenvalue weighted by atomic mass is 35.5. The molecule has 2 aromatic rings. The maximum Gasteiger partial charge on any atom is 0.142 e. The Morgan fingerprint density at radius 3 is 2.59 bits per heavy atom. The summed E-state index contributed by atoms with van der Waals surface area (Å²) in [4.78, 5) is 0.880. The molecule has 6 heteroatoms. The van der Waals surface area contributed by atoms with E-state index in [1.807, 2.05) is 6.07 Å². The second-order valence-corrected chi connectivity index (χ2v) is 5.51. The minimum Gasteiger partial charge on any atom is -0.271 e. The van der Waals surface area contributed by atoms with Gasteiger partial charge in [0.2, 0.25) is 0 Å². The SMILES string of the molecule is NNC(c1ccc(Cl)s1)c1cccc(F)c1Cl. The van der Waals surface area contributed by atoms with Crippen molar-refractivity contribution in [2.24, 2.45) is 5.84 Å². The molecular formula is C11H9Cl2FN2S. The van der Waals surface area contributed by atoms with Crippen molar-refractivity contribution < 1.29 is 4.39 Å². The van der Waals surface area contributed by atoms with E-state index < -0.39 is 5.82 Å². The molecule has 0 amide bonds. The summed E-state index contributed by atoms with van der Waals surface area (Å²) in [5, 5.41) is 0.0694. The predicted octanol–water partition coefficient (Wildman–Crippen LogP) is 3.75. The first-order chi connectivity index (χ1) is 8.13. The van der Waals surface area contributed by atoms with Crippen LogP contribution in [0.15, 0.2) is 30.3 Å². The number of nitrogens with one attached hydrogen (secondary N) is 1. The van der Waals surface area contributed by atoms with E-state index in [-0.39, 0.29) is 11.1 Å². The van der Waals surface area contributed by atoms with Crippen molar-refractivity contribution in [3.63, 3.8) is 0 Å². The van der Waals surface area contributed by atoms with E-state index >= 15 is 0 Å². The van der Waals surface area contributed by atoms with Gasteiger partial charge in [-0.05, 0) is 23.8 Å². The van der Waals surface area contributed by atoms with Crippen LogP contribution >= 0.6 is 34.5 Å². The summed E-state index contributed by atoms with van der Waals surface area (Å²) in [6.07, 6.45) is 0. The van der Waals surface area contributed by atoms with Crippen LogP contribution < -0.4 is 11.3 Å². The van der Waals surface area contributed by atoms with E-state index in [9.17, 15) is 4.39 Å². The molecule has 0 bridgehead atoms. The molecule has 0 radical (unpaired) electrons. The number of benzene rings is 1. The van der Waals surface area contributed by atoms with Crippen LogP contribution in [0.2, 0.25) is 9.36 Å². The molecule has 17 heavy (non-hydrogen) atoms. The maximum atomic E-state index is 13.4. The van der Waals surface area contributed by atoms with Crippen molar-refractivity contribution in [2.45, 2.75) is 6.04 Å². The molecule has 1 aromatic heterocycles. The molecule has 0 aliphatic heterocycles. The van der Waals surface area contributed by atoms with Crippen molar-refractivity contribution in [1.82, 2.24) is 5.43 Å². The molecular weight excluding hydrogens is 282 g/mol. The number of thiophene rings is 1. The van der Waals surface area contributed by atoms with Crippen LogP contribution in [0.25, 0.3) is 0 Å². The predicted molar refractivity (Wildman–Crippen MR) is 69.9 cm³/mol. The number of hydrazine groups is 1. The molecule has 1 unspecified atom stereocenters. The summed E-state index contributed by atoms with van der Waals surface area (Å²) in [5.74, 6) is 5.03. The highest BCUT2D eigenvalue weighted by Gasteiger charge is 2.19. The van der Waals surface area contributed by atoms with E-state index in [1.165, 1.54) is 17.4 Å². The van der Waals surface area contributed by atoms with Crippen LogP contribution in [0.1, 0.15) is 16.5 Å². The summed E-state index contributed by atoms with van der Waals surface area (Å²) < 4.78 is 14.0. The summed E-state index contributed by atoms with van der Waals surface area (Å²) in [6, 6.07) is 7.86. The van der Waals surface area contributed by atoms with Crippen molar-refractivity contribution in [1.29, 1.82) is 0 Å². The lowest BCUT2D eigenvalue weighted by molar-refractivity contribution is 0.609. The second kappa shape index (κ2) is 5.33. The Morgan fingerprint density at radius 1 is 1.24 bits per heavy atom.